The van der Waals surface area contributed by atoms with Gasteiger partial charge in [0.1, 0.15) is 12.2 Å². The van der Waals surface area contributed by atoms with Crippen LogP contribution in [0.25, 0.3) is 0 Å². The summed E-state index contributed by atoms with van der Waals surface area (Å²) in [6.07, 6.45) is 7.52. The molecule has 0 aromatic carbocycles. The molecule has 24 heavy (non-hydrogen) atoms. The van der Waals surface area contributed by atoms with Gasteiger partial charge in [0.25, 0.3) is 0 Å². The average Bonchev–Trinajstić information content (AvgIpc) is 2.44. The summed E-state index contributed by atoms with van der Waals surface area (Å²) in [5, 5.41) is 0. The molecule has 4 aliphatic carbocycles. The number of thioether (sulfide) groups is 1. The van der Waals surface area contributed by atoms with Crippen molar-refractivity contribution in [1.29, 1.82) is 0 Å². The minimum absolute atomic E-state index is 0.0539. The maximum atomic E-state index is 12.8. The number of ether oxygens (including phenoxy) is 2. The Kier molecular flexibility index (Phi) is 4.69. The lowest BCUT2D eigenvalue weighted by Gasteiger charge is -2.60. The number of rotatable bonds is 5. The molecule has 0 spiro atoms. The number of carbonyl (C=O) groups excluding carboxylic acids is 2. The summed E-state index contributed by atoms with van der Waals surface area (Å²) in [6.45, 7) is 6.15. The van der Waals surface area contributed by atoms with E-state index in [-0.39, 0.29) is 11.9 Å². The molecule has 2 unspecified atom stereocenters. The van der Waals surface area contributed by atoms with Crippen LogP contribution in [0.5, 0.6) is 0 Å². The molecule has 0 heterocycles. The highest BCUT2D eigenvalue weighted by Crippen LogP contribution is 2.63. The summed E-state index contributed by atoms with van der Waals surface area (Å²) in [7, 11) is 0. The first-order chi connectivity index (χ1) is 11.2. The Labute approximate surface area is 149 Å². The largest absolute Gasteiger partial charge is 0.464 e. The van der Waals surface area contributed by atoms with Gasteiger partial charge in [0.2, 0.25) is 0 Å². The van der Waals surface area contributed by atoms with Gasteiger partial charge in [-0.3, -0.25) is 9.59 Å². The highest BCUT2D eigenvalue weighted by Gasteiger charge is 2.63. The molecule has 4 bridgehead atoms. The summed E-state index contributed by atoms with van der Waals surface area (Å²) in [5.74, 6) is 1.62. The number of hydrogen-bond donors (Lipinski definition) is 0. The third-order valence-electron chi connectivity index (χ3n) is 5.88. The maximum Gasteiger partial charge on any atom is 0.312 e. The quantitative estimate of drug-likeness (QED) is 0.555. The molecule has 5 heteroatoms. The predicted molar refractivity (Wildman–Crippen MR) is 94.7 cm³/mol. The van der Waals surface area contributed by atoms with E-state index in [4.69, 9.17) is 9.47 Å². The van der Waals surface area contributed by atoms with Crippen molar-refractivity contribution in [3.05, 3.63) is 0 Å². The van der Waals surface area contributed by atoms with Gasteiger partial charge in [0.15, 0.2) is 0 Å². The minimum atomic E-state index is -0.505. The molecular weight excluding hydrogens is 324 g/mol. The zero-order chi connectivity index (χ0) is 17.6. The van der Waals surface area contributed by atoms with Crippen molar-refractivity contribution in [2.24, 2.45) is 22.7 Å². The SMILES string of the molecule is CSCCOC(=O)C12CC3CC(CC(OC(=O)C(C)(C)C)(C3)C1)C2. The Morgan fingerprint density at radius 2 is 1.75 bits per heavy atom. The molecule has 4 saturated carbocycles. The predicted octanol–water partition coefficient (Wildman–Crippen LogP) is 3.82. The van der Waals surface area contributed by atoms with E-state index >= 15 is 0 Å². The van der Waals surface area contributed by atoms with Crippen LogP contribution in [0.2, 0.25) is 0 Å². The minimum Gasteiger partial charge on any atom is -0.464 e. The van der Waals surface area contributed by atoms with Crippen LogP contribution in [0, 0.1) is 22.7 Å². The van der Waals surface area contributed by atoms with Gasteiger partial charge in [-0.05, 0) is 71.0 Å². The molecule has 4 aliphatic rings. The number of carbonyl (C=O) groups is 2. The van der Waals surface area contributed by atoms with E-state index in [1.165, 1.54) is 6.42 Å². The monoisotopic (exact) mass is 354 g/mol. The Bertz CT molecular complexity index is 508. The molecule has 0 N–H and O–H groups in total. The third kappa shape index (κ3) is 3.33. The topological polar surface area (TPSA) is 52.6 Å². The first-order valence-corrected chi connectivity index (χ1v) is 10.5. The van der Waals surface area contributed by atoms with Crippen molar-refractivity contribution in [3.8, 4) is 0 Å². The Morgan fingerprint density at radius 1 is 1.12 bits per heavy atom. The van der Waals surface area contributed by atoms with Gasteiger partial charge in [-0.1, -0.05) is 0 Å². The molecule has 2 atom stereocenters. The van der Waals surface area contributed by atoms with Gasteiger partial charge in [0.05, 0.1) is 10.8 Å². The fourth-order valence-corrected chi connectivity index (χ4v) is 5.51. The molecule has 0 amide bonds. The molecule has 0 radical (unpaired) electrons. The van der Waals surface area contributed by atoms with Gasteiger partial charge in [-0.25, -0.2) is 0 Å². The van der Waals surface area contributed by atoms with Crippen molar-refractivity contribution in [1.82, 2.24) is 0 Å². The second kappa shape index (κ2) is 6.22. The van der Waals surface area contributed by atoms with Gasteiger partial charge >= 0.3 is 11.9 Å². The third-order valence-corrected chi connectivity index (χ3v) is 6.46. The van der Waals surface area contributed by atoms with Crippen LogP contribution in [0.3, 0.4) is 0 Å². The highest BCUT2D eigenvalue weighted by molar-refractivity contribution is 7.98. The molecule has 0 aliphatic heterocycles. The van der Waals surface area contributed by atoms with Crippen molar-refractivity contribution in [2.45, 2.75) is 64.9 Å². The van der Waals surface area contributed by atoms with Gasteiger partial charge in [-0.2, -0.15) is 11.8 Å². The highest BCUT2D eigenvalue weighted by atomic mass is 32.2. The van der Waals surface area contributed by atoms with Crippen LogP contribution in [0.4, 0.5) is 0 Å². The van der Waals surface area contributed by atoms with Crippen LogP contribution < -0.4 is 0 Å². The smallest absolute Gasteiger partial charge is 0.312 e. The maximum absolute atomic E-state index is 12.8. The van der Waals surface area contributed by atoms with Crippen molar-refractivity contribution < 1.29 is 19.1 Å². The average molecular weight is 355 g/mol. The van der Waals surface area contributed by atoms with E-state index in [0.29, 0.717) is 24.9 Å². The Hall–Kier alpha value is -0.710. The lowest BCUT2D eigenvalue weighted by Crippen LogP contribution is -2.60. The second-order valence-electron chi connectivity index (χ2n) is 9.19. The van der Waals surface area contributed by atoms with E-state index in [0.717, 1.165) is 31.4 Å². The van der Waals surface area contributed by atoms with E-state index < -0.39 is 16.4 Å². The van der Waals surface area contributed by atoms with E-state index in [1.54, 1.807) is 11.8 Å². The summed E-state index contributed by atoms with van der Waals surface area (Å²) in [6, 6.07) is 0. The summed E-state index contributed by atoms with van der Waals surface area (Å²) < 4.78 is 11.6. The molecule has 0 aromatic heterocycles. The number of hydrogen-bond acceptors (Lipinski definition) is 5. The summed E-state index contributed by atoms with van der Waals surface area (Å²) >= 11 is 1.68. The molecule has 4 nitrogen and oxygen atoms in total. The first-order valence-electron chi connectivity index (χ1n) is 9.08. The lowest BCUT2D eigenvalue weighted by atomic mass is 9.48. The molecule has 4 fully saturated rings. The molecule has 0 saturated heterocycles. The molecule has 136 valence electrons. The van der Waals surface area contributed by atoms with Gasteiger partial charge < -0.3 is 9.47 Å². The first kappa shape index (κ1) is 18.1. The van der Waals surface area contributed by atoms with E-state index in [9.17, 15) is 9.59 Å². The number of esters is 2. The standard InChI is InChI=1S/C19H30O4S/c1-17(2,3)15(20)23-19-10-13-7-14(11-19)9-18(8-13,12-19)16(21)22-5-6-24-4/h13-14H,5-12H2,1-4H3. The van der Waals surface area contributed by atoms with E-state index in [2.05, 4.69) is 0 Å². The van der Waals surface area contributed by atoms with Crippen molar-refractivity contribution >= 4 is 23.7 Å². The Balaban J connectivity index is 1.77. The van der Waals surface area contributed by atoms with Crippen LogP contribution in [0.1, 0.15) is 59.3 Å². The summed E-state index contributed by atoms with van der Waals surface area (Å²) in [4.78, 5) is 25.3. The van der Waals surface area contributed by atoms with Crippen molar-refractivity contribution in [2.75, 3.05) is 18.6 Å². The van der Waals surface area contributed by atoms with E-state index in [1.807, 2.05) is 27.0 Å². The Morgan fingerprint density at radius 3 is 2.29 bits per heavy atom. The fourth-order valence-electron chi connectivity index (χ4n) is 5.26. The van der Waals surface area contributed by atoms with Crippen LogP contribution in [0.15, 0.2) is 0 Å². The van der Waals surface area contributed by atoms with Crippen molar-refractivity contribution in [3.63, 3.8) is 0 Å². The zero-order valence-corrected chi connectivity index (χ0v) is 16.2. The fraction of sp³-hybridized carbons (Fsp3) is 0.895. The second-order valence-corrected chi connectivity index (χ2v) is 10.2. The molecule has 0 aromatic rings. The zero-order valence-electron chi connectivity index (χ0n) is 15.4. The van der Waals surface area contributed by atoms with Crippen LogP contribution in [-0.2, 0) is 19.1 Å². The summed E-state index contributed by atoms with van der Waals surface area (Å²) in [5.41, 5.74) is -1.36. The van der Waals surface area contributed by atoms with Crippen LogP contribution >= 0.6 is 11.8 Å². The molecule has 4 rings (SSSR count). The normalized spacial score (nSPS) is 37.3. The molecular formula is C19H30O4S. The van der Waals surface area contributed by atoms with Gasteiger partial charge in [0, 0.05) is 12.2 Å². The van der Waals surface area contributed by atoms with Gasteiger partial charge in [-0.15, -0.1) is 0 Å². The van der Waals surface area contributed by atoms with Crippen LogP contribution in [-0.4, -0.2) is 36.2 Å². The lowest BCUT2D eigenvalue weighted by molar-refractivity contribution is -0.217.